The van der Waals surface area contributed by atoms with Gasteiger partial charge >= 0.3 is 0 Å². The molecule has 0 unspecified atom stereocenters. The molecular formula is C21H24N4OS. The van der Waals surface area contributed by atoms with Crippen LogP contribution in [0.1, 0.15) is 35.1 Å². The van der Waals surface area contributed by atoms with Crippen LogP contribution in [-0.4, -0.2) is 42.0 Å². The van der Waals surface area contributed by atoms with Crippen molar-refractivity contribution in [3.8, 4) is 0 Å². The summed E-state index contributed by atoms with van der Waals surface area (Å²) in [6.45, 7) is 7.29. The minimum Gasteiger partial charge on any atom is -0.397 e. The molecule has 5 nitrogen and oxygen atoms in total. The van der Waals surface area contributed by atoms with Gasteiger partial charge in [-0.05, 0) is 30.2 Å². The van der Waals surface area contributed by atoms with Crippen LogP contribution in [0, 0.1) is 0 Å². The number of aromatic nitrogens is 1. The van der Waals surface area contributed by atoms with Gasteiger partial charge in [-0.2, -0.15) is 0 Å². The Bertz CT molecular complexity index is 959. The number of hydrogen-bond acceptors (Lipinski definition) is 5. The third-order valence-electron chi connectivity index (χ3n) is 5.09. The summed E-state index contributed by atoms with van der Waals surface area (Å²) in [6.07, 6.45) is 0. The first-order valence-corrected chi connectivity index (χ1v) is 10.1. The van der Waals surface area contributed by atoms with E-state index in [9.17, 15) is 4.79 Å². The Labute approximate surface area is 163 Å². The molecule has 0 aliphatic carbocycles. The summed E-state index contributed by atoms with van der Waals surface area (Å²) in [4.78, 5) is 23.4. The molecular weight excluding hydrogens is 356 g/mol. The lowest BCUT2D eigenvalue weighted by atomic mass is 10.1. The van der Waals surface area contributed by atoms with E-state index in [1.165, 1.54) is 17.0 Å². The molecule has 4 rings (SSSR count). The lowest BCUT2D eigenvalue weighted by molar-refractivity contribution is 0.0752. The fourth-order valence-electron chi connectivity index (χ4n) is 3.44. The summed E-state index contributed by atoms with van der Waals surface area (Å²) < 4.78 is 0. The molecule has 3 aromatic rings. The van der Waals surface area contributed by atoms with E-state index in [0.717, 1.165) is 29.0 Å². The maximum Gasteiger partial charge on any atom is 0.266 e. The monoisotopic (exact) mass is 380 g/mol. The summed E-state index contributed by atoms with van der Waals surface area (Å²) in [6, 6.07) is 14.3. The Hall–Kier alpha value is -2.60. The third-order valence-corrected chi connectivity index (χ3v) is 6.19. The Morgan fingerprint density at radius 3 is 2.44 bits per heavy atom. The van der Waals surface area contributed by atoms with Crippen molar-refractivity contribution >= 4 is 38.8 Å². The zero-order valence-electron chi connectivity index (χ0n) is 15.7. The number of hydrogen-bond donors (Lipinski definition) is 1. The van der Waals surface area contributed by atoms with Gasteiger partial charge in [-0.1, -0.05) is 32.0 Å². The second-order valence-corrected chi connectivity index (χ2v) is 8.20. The third kappa shape index (κ3) is 3.37. The van der Waals surface area contributed by atoms with Crippen molar-refractivity contribution in [2.24, 2.45) is 0 Å². The van der Waals surface area contributed by atoms with E-state index in [1.54, 1.807) is 0 Å². The van der Waals surface area contributed by atoms with Crippen LogP contribution in [0.4, 0.5) is 11.4 Å². The number of pyridine rings is 1. The molecule has 2 aromatic heterocycles. The SMILES string of the molecule is CC(C)c1ccc2c(N)c(C(=O)N3CCN(c4ccccc4)CC3)sc2n1. The van der Waals surface area contributed by atoms with Crippen molar-refractivity contribution in [1.82, 2.24) is 9.88 Å². The van der Waals surface area contributed by atoms with E-state index < -0.39 is 0 Å². The van der Waals surface area contributed by atoms with Crippen molar-refractivity contribution < 1.29 is 4.79 Å². The number of carbonyl (C=O) groups is 1. The molecule has 1 aliphatic heterocycles. The van der Waals surface area contributed by atoms with Crippen LogP contribution >= 0.6 is 11.3 Å². The number of nitrogens with two attached hydrogens (primary N) is 1. The van der Waals surface area contributed by atoms with Crippen molar-refractivity contribution in [1.29, 1.82) is 0 Å². The fraction of sp³-hybridized carbons (Fsp3) is 0.333. The maximum atomic E-state index is 13.1. The second-order valence-electron chi connectivity index (χ2n) is 7.20. The predicted octanol–water partition coefficient (Wildman–Crippen LogP) is 3.96. The summed E-state index contributed by atoms with van der Waals surface area (Å²) >= 11 is 1.41. The quantitative estimate of drug-likeness (QED) is 0.747. The molecule has 1 aromatic carbocycles. The highest BCUT2D eigenvalue weighted by Gasteiger charge is 2.26. The van der Waals surface area contributed by atoms with Gasteiger partial charge in [-0.25, -0.2) is 4.98 Å². The number of benzene rings is 1. The van der Waals surface area contributed by atoms with Gasteiger partial charge in [0.2, 0.25) is 0 Å². The molecule has 0 bridgehead atoms. The number of amides is 1. The van der Waals surface area contributed by atoms with E-state index in [4.69, 9.17) is 10.7 Å². The van der Waals surface area contributed by atoms with Crippen molar-refractivity contribution in [3.05, 3.63) is 53.0 Å². The van der Waals surface area contributed by atoms with Crippen LogP contribution in [0.5, 0.6) is 0 Å². The molecule has 1 aliphatic rings. The van der Waals surface area contributed by atoms with E-state index >= 15 is 0 Å². The highest BCUT2D eigenvalue weighted by Crippen LogP contribution is 2.34. The van der Waals surface area contributed by atoms with Crippen LogP contribution in [0.2, 0.25) is 0 Å². The van der Waals surface area contributed by atoms with E-state index in [2.05, 4.69) is 30.9 Å². The van der Waals surface area contributed by atoms with Gasteiger partial charge in [0.15, 0.2) is 0 Å². The molecule has 6 heteroatoms. The molecule has 0 saturated carbocycles. The summed E-state index contributed by atoms with van der Waals surface area (Å²) in [5.74, 6) is 0.372. The van der Waals surface area contributed by atoms with Crippen LogP contribution in [0.15, 0.2) is 42.5 Å². The zero-order valence-corrected chi connectivity index (χ0v) is 16.5. The molecule has 2 N–H and O–H groups in total. The van der Waals surface area contributed by atoms with E-state index in [1.807, 2.05) is 35.2 Å². The van der Waals surface area contributed by atoms with Crippen LogP contribution < -0.4 is 10.6 Å². The number of anilines is 2. The largest absolute Gasteiger partial charge is 0.397 e. The molecule has 140 valence electrons. The summed E-state index contributed by atoms with van der Waals surface area (Å²) in [5, 5.41) is 0.885. The lowest BCUT2D eigenvalue weighted by Gasteiger charge is -2.36. The standard InChI is InChI=1S/C21H24N4OS/c1-14(2)17-9-8-16-18(22)19(27-20(16)23-17)21(26)25-12-10-24(11-13-25)15-6-4-3-5-7-15/h3-9,14H,10-13,22H2,1-2H3. The topological polar surface area (TPSA) is 62.5 Å². The Morgan fingerprint density at radius 1 is 1.07 bits per heavy atom. The van der Waals surface area contributed by atoms with Crippen molar-refractivity contribution in [2.45, 2.75) is 19.8 Å². The van der Waals surface area contributed by atoms with Gasteiger partial charge in [0.1, 0.15) is 9.71 Å². The number of carbonyl (C=O) groups excluding carboxylic acids is 1. The fourth-order valence-corrected chi connectivity index (χ4v) is 4.51. The van der Waals surface area contributed by atoms with Gasteiger partial charge in [0.05, 0.1) is 5.69 Å². The second kappa shape index (κ2) is 7.19. The zero-order chi connectivity index (χ0) is 19.0. The summed E-state index contributed by atoms with van der Waals surface area (Å²) in [5.41, 5.74) is 9.10. The van der Waals surface area contributed by atoms with E-state index in [0.29, 0.717) is 29.6 Å². The van der Waals surface area contributed by atoms with Crippen LogP contribution in [0.3, 0.4) is 0 Å². The summed E-state index contributed by atoms with van der Waals surface area (Å²) in [7, 11) is 0. The Kier molecular flexibility index (Phi) is 4.74. The number of piperazine rings is 1. The van der Waals surface area contributed by atoms with Crippen LogP contribution in [0.25, 0.3) is 10.2 Å². The van der Waals surface area contributed by atoms with Crippen molar-refractivity contribution in [2.75, 3.05) is 36.8 Å². The minimum atomic E-state index is 0.0225. The van der Waals surface area contributed by atoms with Crippen LogP contribution in [-0.2, 0) is 0 Å². The first-order valence-electron chi connectivity index (χ1n) is 9.33. The van der Waals surface area contributed by atoms with Gasteiger partial charge in [0.25, 0.3) is 5.91 Å². The number of rotatable bonds is 3. The molecule has 3 heterocycles. The maximum absolute atomic E-state index is 13.1. The molecule has 0 radical (unpaired) electrons. The highest BCUT2D eigenvalue weighted by molar-refractivity contribution is 7.21. The lowest BCUT2D eigenvalue weighted by Crippen LogP contribution is -2.48. The first-order chi connectivity index (χ1) is 13.0. The predicted molar refractivity (Wildman–Crippen MR) is 113 cm³/mol. The average molecular weight is 381 g/mol. The molecule has 0 atom stereocenters. The average Bonchev–Trinajstić information content (AvgIpc) is 3.04. The highest BCUT2D eigenvalue weighted by atomic mass is 32.1. The number of thiophene rings is 1. The normalized spacial score (nSPS) is 14.9. The molecule has 1 fully saturated rings. The van der Waals surface area contributed by atoms with Gasteiger partial charge < -0.3 is 15.5 Å². The van der Waals surface area contributed by atoms with Gasteiger partial charge in [-0.3, -0.25) is 4.79 Å². The molecule has 1 amide bonds. The molecule has 27 heavy (non-hydrogen) atoms. The van der Waals surface area contributed by atoms with Crippen molar-refractivity contribution in [3.63, 3.8) is 0 Å². The van der Waals surface area contributed by atoms with E-state index in [-0.39, 0.29) is 5.91 Å². The van der Waals surface area contributed by atoms with Gasteiger partial charge in [0, 0.05) is 42.9 Å². The minimum absolute atomic E-state index is 0.0225. The number of fused-ring (bicyclic) bond motifs is 1. The first kappa shape index (κ1) is 17.8. The molecule has 1 saturated heterocycles. The number of para-hydroxylation sites is 1. The Balaban J connectivity index is 1.52. The number of nitrogens with zero attached hydrogens (tertiary/aromatic N) is 3. The number of nitrogen functional groups attached to an aromatic ring is 1. The Morgan fingerprint density at radius 2 is 1.78 bits per heavy atom. The smallest absolute Gasteiger partial charge is 0.266 e. The molecule has 0 spiro atoms. The van der Waals surface area contributed by atoms with Gasteiger partial charge in [-0.15, -0.1) is 11.3 Å².